The molecule has 0 atom stereocenters. The highest BCUT2D eigenvalue weighted by atomic mass is 15.0. The second-order valence-electron chi connectivity index (χ2n) is 38.4. The Kier molecular flexibility index (Phi) is 21.0. The molecule has 148 heavy (non-hydrogen) atoms. The number of fused-ring (bicyclic) bond motifs is 27. The second kappa shape index (κ2) is 36.0. The van der Waals surface area contributed by atoms with Crippen LogP contribution in [0.5, 0.6) is 0 Å². The van der Waals surface area contributed by atoms with Gasteiger partial charge in [0.2, 0.25) is 0 Å². The van der Waals surface area contributed by atoms with E-state index in [1.165, 1.54) is 193 Å². The first-order valence-electron chi connectivity index (χ1n) is 50.4. The molecule has 0 spiro atoms. The van der Waals surface area contributed by atoms with Crippen LogP contribution in [0.15, 0.2) is 522 Å². The van der Waals surface area contributed by atoms with E-state index < -0.39 is 0 Å². The average molecular weight is 1890 g/mol. The molecule has 0 aliphatic carbocycles. The largest absolute Gasteiger partial charge is 0.309 e. The van der Waals surface area contributed by atoms with E-state index in [0.29, 0.717) is 0 Å². The lowest BCUT2D eigenvalue weighted by molar-refractivity contribution is 1.18. The average Bonchev–Trinajstić information content (AvgIpc) is 1.21. The molecule has 0 N–H and O–H groups in total. The van der Waals surface area contributed by atoms with Crippen molar-refractivity contribution in [3.8, 4) is 117 Å². The molecule has 0 amide bonds. The van der Waals surface area contributed by atoms with Crippen LogP contribution in [0.25, 0.3) is 281 Å². The summed E-state index contributed by atoms with van der Waals surface area (Å²) in [5, 5.41) is 21.3. The topological polar surface area (TPSA) is 92.1 Å². The highest BCUT2D eigenvalue weighted by Gasteiger charge is 2.24. The number of para-hydroxylation sites is 6. The van der Waals surface area contributed by atoms with Crippen LogP contribution in [-0.4, -0.2) is 43.6 Å². The first-order valence-corrected chi connectivity index (χ1v) is 50.4. The predicted octanol–water partition coefficient (Wildman–Crippen LogP) is 36.4. The van der Waals surface area contributed by atoms with E-state index in [1.54, 1.807) is 24.8 Å². The minimum Gasteiger partial charge on any atom is -0.309 e. The Morgan fingerprint density at radius 2 is 0.351 bits per heavy atom. The molecule has 0 fully saturated rings. The van der Waals surface area contributed by atoms with E-state index in [2.05, 4.69) is 506 Å². The molecule has 0 saturated carbocycles. The van der Waals surface area contributed by atoms with Gasteiger partial charge in [0.25, 0.3) is 0 Å². The van der Waals surface area contributed by atoms with Crippen LogP contribution in [0.4, 0.5) is 0 Å². The number of rotatable bonds is 12. The van der Waals surface area contributed by atoms with Crippen LogP contribution in [0.3, 0.4) is 0 Å². The molecular formula is C139H89N9. The summed E-state index contributed by atoms with van der Waals surface area (Å²) in [6.07, 6.45) is 7.14. The summed E-state index contributed by atoms with van der Waals surface area (Å²) in [5.41, 5.74) is 38.1. The van der Waals surface area contributed by atoms with Gasteiger partial charge in [0.1, 0.15) is 0 Å². The van der Waals surface area contributed by atoms with Crippen molar-refractivity contribution in [2.24, 2.45) is 0 Å². The van der Waals surface area contributed by atoms with Gasteiger partial charge in [-0.25, -0.2) is 9.97 Å². The van der Waals surface area contributed by atoms with Crippen molar-refractivity contribution >= 4 is 163 Å². The number of aromatic nitrogens is 9. The maximum Gasteiger partial charge on any atom is 0.0979 e. The molecule has 0 radical (unpaired) electrons. The molecule has 30 aromatic rings. The summed E-state index contributed by atoms with van der Waals surface area (Å²) in [7, 11) is 0. The minimum atomic E-state index is 0.886. The Labute approximate surface area is 852 Å². The molecule has 6 heterocycles. The molecule has 0 unspecified atom stereocenters. The molecule has 0 aliphatic rings. The third kappa shape index (κ3) is 14.9. The summed E-state index contributed by atoms with van der Waals surface area (Å²) in [5.74, 6) is 0. The van der Waals surface area contributed by atoms with Crippen molar-refractivity contribution in [1.29, 1.82) is 0 Å². The summed E-state index contributed by atoms with van der Waals surface area (Å²) in [4.78, 5) is 29.9. The van der Waals surface area contributed by atoms with Crippen LogP contribution >= 0.6 is 0 Å². The normalized spacial score (nSPS) is 11.7. The Bertz CT molecular complexity index is 10600. The van der Waals surface area contributed by atoms with E-state index >= 15 is 0 Å². The Balaban J connectivity index is 0.000000108. The Hall–Kier alpha value is -19.7. The van der Waals surface area contributed by atoms with Gasteiger partial charge >= 0.3 is 0 Å². The fourth-order valence-corrected chi connectivity index (χ4v) is 22.8. The molecule has 0 bridgehead atoms. The fraction of sp³-hybridized carbons (Fsp3) is 0.00719. The van der Waals surface area contributed by atoms with Gasteiger partial charge in [-0.15, -0.1) is 0 Å². The fourth-order valence-electron chi connectivity index (χ4n) is 22.8. The summed E-state index contributed by atoms with van der Waals surface area (Å²) < 4.78 is 7.09. The number of hydrogen-bond donors (Lipinski definition) is 0. The lowest BCUT2D eigenvalue weighted by atomic mass is 9.92. The highest BCUT2D eigenvalue weighted by molar-refractivity contribution is 6.27. The number of aryl methyl sites for hydroxylation is 1. The van der Waals surface area contributed by atoms with Crippen LogP contribution in [0.2, 0.25) is 0 Å². The predicted molar refractivity (Wildman–Crippen MR) is 620 cm³/mol. The van der Waals surface area contributed by atoms with E-state index in [1.807, 2.05) is 12.1 Å². The molecule has 0 saturated heterocycles. The van der Waals surface area contributed by atoms with Crippen molar-refractivity contribution in [1.82, 2.24) is 43.6 Å². The smallest absolute Gasteiger partial charge is 0.0979 e. The number of hydrogen-bond acceptors (Lipinski definition) is 6. The number of benzene rings is 24. The van der Waals surface area contributed by atoms with E-state index in [9.17, 15) is 0 Å². The van der Waals surface area contributed by atoms with Crippen molar-refractivity contribution in [2.75, 3.05) is 0 Å². The van der Waals surface area contributed by atoms with Crippen molar-refractivity contribution in [3.63, 3.8) is 0 Å². The van der Waals surface area contributed by atoms with Gasteiger partial charge in [0.15, 0.2) is 0 Å². The Morgan fingerprint density at radius 1 is 0.135 bits per heavy atom. The molecule has 30 rings (SSSR count). The maximum absolute atomic E-state index is 5.46. The molecule has 9 nitrogen and oxygen atoms in total. The van der Waals surface area contributed by atoms with Gasteiger partial charge in [0, 0.05) is 118 Å². The van der Waals surface area contributed by atoms with Gasteiger partial charge < -0.3 is 13.7 Å². The van der Waals surface area contributed by atoms with Gasteiger partial charge in [-0.2, -0.15) is 0 Å². The van der Waals surface area contributed by atoms with Crippen LogP contribution < -0.4 is 0 Å². The van der Waals surface area contributed by atoms with E-state index in [-0.39, 0.29) is 0 Å². The standard InChI is InChI=1S/C52H33N3.C46H29N3.C41H27N3/c1-4-15-34(16-5-1)49-50(35-17-6-2-7-18-35)54-52-44-29-27-38(32-45(44)41-23-10-11-25-43(41)51(52)53-49)36-19-14-20-37(31-36)39-28-30-48-46(33-39)42-24-12-13-26-47(42)55(48)40-21-8-3-9-22-40;1-3-10-30(11-4-1)33-18-21-38-40(27-33)41-28-34(19-22-39(41)46-45(38)47-24-25-48-46)31-12-9-13-32(26-31)35-20-23-44-42(29-35)37-16-7-8-17-43(37)49(44)36-14-5-2-6-15-36;1-26-14-17-33-35(22-26)36-24-29(15-18-34(36)41-40(33)42-20-21-43-41)27-8-7-9-28(23-27)30-16-19-39-37(25-30)32-12-5-6-13-38(32)44(39)31-10-3-2-4-11-31/h1-33H;1-29H;2-25H,1H3. The zero-order valence-electron chi connectivity index (χ0n) is 80.7. The first-order chi connectivity index (χ1) is 73.3. The zero-order chi connectivity index (χ0) is 97.8. The van der Waals surface area contributed by atoms with Gasteiger partial charge in [-0.05, 0) is 251 Å². The van der Waals surface area contributed by atoms with Crippen molar-refractivity contribution in [2.45, 2.75) is 6.92 Å². The monoisotopic (exact) mass is 1880 g/mol. The molecule has 6 aromatic heterocycles. The van der Waals surface area contributed by atoms with E-state index in [0.717, 1.165) is 93.5 Å². The third-order valence-electron chi connectivity index (χ3n) is 29.7. The lowest BCUT2D eigenvalue weighted by Gasteiger charge is -2.15. The summed E-state index contributed by atoms with van der Waals surface area (Å²) in [6, 6.07) is 179. The number of nitrogens with zero attached hydrogens (tertiary/aromatic N) is 9. The Morgan fingerprint density at radius 3 is 0.682 bits per heavy atom. The van der Waals surface area contributed by atoms with Gasteiger partial charge in [0.05, 0.1) is 77.6 Å². The molecule has 0 aliphatic heterocycles. The van der Waals surface area contributed by atoms with Crippen molar-refractivity contribution < 1.29 is 0 Å². The second-order valence-corrected chi connectivity index (χ2v) is 38.4. The van der Waals surface area contributed by atoms with Gasteiger partial charge in [-0.1, -0.05) is 370 Å². The SMILES string of the molecule is Cc1ccc2c(c1)c1cc(-c3cccc(-c4ccc5c(c4)c4ccccc4n5-c4ccccc4)c3)ccc1c1nccnc21.c1ccc(-c2ccc3c(c2)c2cc(-c4cccc(-c5ccc6c(c5)c5ccccc5n6-c5ccccc5)c4)ccc2c2nccnc32)cc1.c1ccc(-c2nc3c4ccccc4c4cc(-c5cccc(-c6ccc7c(c6)c6ccccc6n7-c6ccccc6)c5)ccc4c3nc2-c2ccccc2)cc1. The van der Waals surface area contributed by atoms with Crippen LogP contribution in [0, 0.1) is 6.92 Å². The molecule has 24 aromatic carbocycles. The minimum absolute atomic E-state index is 0.886. The summed E-state index contributed by atoms with van der Waals surface area (Å²) in [6.45, 7) is 2.15. The molecule has 9 heteroatoms. The third-order valence-corrected chi connectivity index (χ3v) is 29.7. The molecular weight excluding hydrogens is 1800 g/mol. The van der Waals surface area contributed by atoms with Crippen molar-refractivity contribution in [3.05, 3.63) is 528 Å². The molecule has 690 valence electrons. The summed E-state index contributed by atoms with van der Waals surface area (Å²) >= 11 is 0. The van der Waals surface area contributed by atoms with Gasteiger partial charge in [-0.3, -0.25) is 19.9 Å². The zero-order valence-corrected chi connectivity index (χ0v) is 80.7. The maximum atomic E-state index is 5.46. The quantitative estimate of drug-likeness (QED) is 0.113. The van der Waals surface area contributed by atoms with E-state index in [4.69, 9.17) is 29.9 Å². The lowest BCUT2D eigenvalue weighted by Crippen LogP contribution is -1.97. The first kappa shape index (κ1) is 86.2. The highest BCUT2D eigenvalue weighted by Crippen LogP contribution is 2.47. The van der Waals surface area contributed by atoms with Crippen LogP contribution in [0.1, 0.15) is 5.56 Å². The van der Waals surface area contributed by atoms with Crippen LogP contribution in [-0.2, 0) is 0 Å².